The fourth-order valence-electron chi connectivity index (χ4n) is 1.75. The first-order valence-electron chi connectivity index (χ1n) is 6.27. The number of rotatable bonds is 5. The van der Waals surface area contributed by atoms with Crippen LogP contribution in [0.3, 0.4) is 0 Å². The zero-order valence-electron chi connectivity index (χ0n) is 11.0. The van der Waals surface area contributed by atoms with Gasteiger partial charge in [0.1, 0.15) is 11.3 Å². The van der Waals surface area contributed by atoms with E-state index in [0.29, 0.717) is 17.5 Å². The van der Waals surface area contributed by atoms with Crippen molar-refractivity contribution in [3.63, 3.8) is 0 Å². The minimum atomic E-state index is -3.56. The summed E-state index contributed by atoms with van der Waals surface area (Å²) < 4.78 is 31.6. The molecule has 0 unspecified atom stereocenters. The molecule has 20 heavy (non-hydrogen) atoms. The van der Waals surface area contributed by atoms with Crippen LogP contribution in [0.2, 0.25) is 0 Å². The van der Waals surface area contributed by atoms with E-state index >= 15 is 0 Å². The van der Waals surface area contributed by atoms with E-state index in [1.807, 2.05) is 6.92 Å². The minimum absolute atomic E-state index is 0.0500. The topological polar surface area (TPSA) is 102 Å². The zero-order chi connectivity index (χ0) is 14.8. The molecule has 0 bridgehead atoms. The molecule has 0 spiro atoms. The Bertz CT molecular complexity index is 781. The number of hydrogen-bond donors (Lipinski definition) is 2. The lowest BCUT2D eigenvalue weighted by Crippen LogP contribution is -2.24. The van der Waals surface area contributed by atoms with Gasteiger partial charge in [-0.1, -0.05) is 13.3 Å². The Labute approximate surface area is 116 Å². The monoisotopic (exact) mass is 296 g/mol. The Morgan fingerprint density at radius 2 is 2.05 bits per heavy atom. The van der Waals surface area contributed by atoms with Crippen LogP contribution in [0.5, 0.6) is 0 Å². The first kappa shape index (κ1) is 14.5. The first-order valence-corrected chi connectivity index (χ1v) is 7.75. The van der Waals surface area contributed by atoms with Crippen molar-refractivity contribution in [3.8, 4) is 0 Å². The summed E-state index contributed by atoms with van der Waals surface area (Å²) in [6, 6.07) is 5.69. The van der Waals surface area contributed by atoms with E-state index in [1.54, 1.807) is 0 Å². The van der Waals surface area contributed by atoms with Crippen molar-refractivity contribution in [2.75, 3.05) is 12.3 Å². The van der Waals surface area contributed by atoms with Crippen LogP contribution in [0.25, 0.3) is 11.0 Å². The number of benzene rings is 1. The molecule has 0 saturated heterocycles. The summed E-state index contributed by atoms with van der Waals surface area (Å²) in [5.41, 5.74) is 5.09. The lowest BCUT2D eigenvalue weighted by Gasteiger charge is -2.07. The summed E-state index contributed by atoms with van der Waals surface area (Å²) in [6.07, 6.45) is 1.68. The highest BCUT2D eigenvalue weighted by molar-refractivity contribution is 7.89. The fourth-order valence-corrected chi connectivity index (χ4v) is 2.86. The van der Waals surface area contributed by atoms with Gasteiger partial charge in [-0.25, -0.2) is 17.9 Å². The molecule has 2 aromatic rings. The average molecular weight is 296 g/mol. The number of nitrogens with one attached hydrogen (secondary N) is 1. The summed E-state index contributed by atoms with van der Waals surface area (Å²) in [4.78, 5) is 11.4. The van der Waals surface area contributed by atoms with Gasteiger partial charge in [0.25, 0.3) is 0 Å². The van der Waals surface area contributed by atoms with Crippen molar-refractivity contribution in [2.45, 2.75) is 24.7 Å². The smallest absolute Gasteiger partial charge is 0.359 e. The molecule has 0 fully saturated rings. The molecule has 0 saturated carbocycles. The SMILES string of the molecule is CCCCNS(=O)(=O)c1ccc2oc(=O)c(N)cc2c1. The molecule has 0 aliphatic heterocycles. The predicted molar refractivity (Wildman–Crippen MR) is 77.0 cm³/mol. The van der Waals surface area contributed by atoms with Crippen LogP contribution < -0.4 is 16.1 Å². The minimum Gasteiger partial charge on any atom is -0.421 e. The van der Waals surface area contributed by atoms with Gasteiger partial charge in [0.15, 0.2) is 0 Å². The molecule has 1 aromatic carbocycles. The number of hydrogen-bond acceptors (Lipinski definition) is 5. The highest BCUT2D eigenvalue weighted by atomic mass is 32.2. The second-order valence-electron chi connectivity index (χ2n) is 4.44. The zero-order valence-corrected chi connectivity index (χ0v) is 11.9. The molecule has 0 amide bonds. The van der Waals surface area contributed by atoms with Crippen LogP contribution >= 0.6 is 0 Å². The van der Waals surface area contributed by atoms with Crippen LogP contribution in [0.1, 0.15) is 19.8 Å². The van der Waals surface area contributed by atoms with Crippen molar-refractivity contribution < 1.29 is 12.8 Å². The lowest BCUT2D eigenvalue weighted by molar-refractivity contribution is 0.563. The number of sulfonamides is 1. The largest absolute Gasteiger partial charge is 0.421 e. The summed E-state index contributed by atoms with van der Waals surface area (Å²) in [5, 5.41) is 0.473. The highest BCUT2D eigenvalue weighted by Gasteiger charge is 2.14. The molecule has 2 rings (SSSR count). The fraction of sp³-hybridized carbons (Fsp3) is 0.308. The van der Waals surface area contributed by atoms with Gasteiger partial charge in [0, 0.05) is 11.9 Å². The van der Waals surface area contributed by atoms with Crippen molar-refractivity contribution in [1.29, 1.82) is 0 Å². The van der Waals surface area contributed by atoms with E-state index in [-0.39, 0.29) is 10.6 Å². The molecule has 0 aliphatic rings. The summed E-state index contributed by atoms with van der Waals surface area (Å²) in [7, 11) is -3.56. The van der Waals surface area contributed by atoms with E-state index in [9.17, 15) is 13.2 Å². The van der Waals surface area contributed by atoms with Gasteiger partial charge in [-0.15, -0.1) is 0 Å². The third kappa shape index (κ3) is 3.00. The van der Waals surface area contributed by atoms with Crippen LogP contribution in [0, 0.1) is 0 Å². The van der Waals surface area contributed by atoms with Crippen LogP contribution in [-0.2, 0) is 10.0 Å². The maximum atomic E-state index is 12.1. The summed E-state index contributed by atoms with van der Waals surface area (Å²) in [5.74, 6) is 0. The van der Waals surface area contributed by atoms with E-state index < -0.39 is 15.6 Å². The van der Waals surface area contributed by atoms with Crippen molar-refractivity contribution in [2.24, 2.45) is 0 Å². The molecule has 0 radical (unpaired) electrons. The van der Waals surface area contributed by atoms with E-state index in [1.165, 1.54) is 24.3 Å². The van der Waals surface area contributed by atoms with Crippen LogP contribution in [0.4, 0.5) is 5.69 Å². The molecule has 0 atom stereocenters. The Balaban J connectivity index is 2.41. The first-order chi connectivity index (χ1) is 9.44. The molecular formula is C13H16N2O4S. The Morgan fingerprint density at radius 1 is 1.30 bits per heavy atom. The Morgan fingerprint density at radius 3 is 2.75 bits per heavy atom. The van der Waals surface area contributed by atoms with Gasteiger partial charge < -0.3 is 10.2 Å². The number of unbranched alkanes of at least 4 members (excludes halogenated alkanes) is 1. The molecule has 6 nitrogen and oxygen atoms in total. The maximum absolute atomic E-state index is 12.1. The average Bonchev–Trinajstić information content (AvgIpc) is 2.39. The highest BCUT2D eigenvalue weighted by Crippen LogP contribution is 2.19. The molecule has 3 N–H and O–H groups in total. The second kappa shape index (κ2) is 5.64. The van der Waals surface area contributed by atoms with E-state index in [2.05, 4.69) is 4.72 Å². The number of nitrogen functional groups attached to an aromatic ring is 1. The summed E-state index contributed by atoms with van der Waals surface area (Å²) >= 11 is 0. The normalized spacial score (nSPS) is 11.8. The Hall–Kier alpha value is -1.86. The van der Waals surface area contributed by atoms with Crippen molar-refractivity contribution >= 4 is 26.7 Å². The van der Waals surface area contributed by atoms with Gasteiger partial charge >= 0.3 is 5.63 Å². The van der Waals surface area contributed by atoms with Gasteiger partial charge in [-0.3, -0.25) is 0 Å². The van der Waals surface area contributed by atoms with Gasteiger partial charge in [0.2, 0.25) is 10.0 Å². The summed E-state index contributed by atoms with van der Waals surface area (Å²) in [6.45, 7) is 2.37. The van der Waals surface area contributed by atoms with Crippen LogP contribution in [-0.4, -0.2) is 15.0 Å². The predicted octanol–water partition coefficient (Wildman–Crippen LogP) is 1.45. The lowest BCUT2D eigenvalue weighted by atomic mass is 10.2. The van der Waals surface area contributed by atoms with Gasteiger partial charge in [-0.05, 0) is 30.7 Å². The molecule has 108 valence electrons. The van der Waals surface area contributed by atoms with Crippen molar-refractivity contribution in [1.82, 2.24) is 4.72 Å². The van der Waals surface area contributed by atoms with Crippen LogP contribution in [0.15, 0.2) is 38.4 Å². The standard InChI is InChI=1S/C13H16N2O4S/c1-2-3-6-15-20(17,18)10-4-5-12-9(7-10)8-11(14)13(16)19-12/h4-5,7-8,15H,2-3,6,14H2,1H3. The third-order valence-corrected chi connectivity index (χ3v) is 4.32. The van der Waals surface area contributed by atoms with Gasteiger partial charge in [-0.2, -0.15) is 0 Å². The van der Waals surface area contributed by atoms with Gasteiger partial charge in [0.05, 0.1) is 4.90 Å². The van der Waals surface area contributed by atoms with E-state index in [0.717, 1.165) is 12.8 Å². The van der Waals surface area contributed by atoms with E-state index in [4.69, 9.17) is 10.2 Å². The number of fused-ring (bicyclic) bond motifs is 1. The number of anilines is 1. The molecule has 7 heteroatoms. The number of nitrogens with two attached hydrogens (primary N) is 1. The third-order valence-electron chi connectivity index (χ3n) is 2.86. The van der Waals surface area contributed by atoms with Crippen molar-refractivity contribution in [3.05, 3.63) is 34.7 Å². The second-order valence-corrected chi connectivity index (χ2v) is 6.21. The maximum Gasteiger partial charge on any atom is 0.359 e. The molecular weight excluding hydrogens is 280 g/mol. The Kier molecular flexibility index (Phi) is 4.10. The molecule has 1 aromatic heterocycles. The molecule has 0 aliphatic carbocycles. The quantitative estimate of drug-likeness (QED) is 0.642. The molecule has 1 heterocycles.